The summed E-state index contributed by atoms with van der Waals surface area (Å²) in [7, 11) is 0. The Bertz CT molecular complexity index is 460. The van der Waals surface area contributed by atoms with Gasteiger partial charge in [-0.05, 0) is 38.0 Å². The predicted molar refractivity (Wildman–Crippen MR) is 68.6 cm³/mol. The molecule has 1 aliphatic heterocycles. The first-order chi connectivity index (χ1) is 8.39. The fourth-order valence-corrected chi connectivity index (χ4v) is 2.06. The quantitative estimate of drug-likeness (QED) is 0.877. The van der Waals surface area contributed by atoms with Crippen molar-refractivity contribution in [1.82, 2.24) is 4.90 Å². The second kappa shape index (κ2) is 4.61. The third-order valence-electron chi connectivity index (χ3n) is 3.32. The third-order valence-corrected chi connectivity index (χ3v) is 3.32. The molecule has 18 heavy (non-hydrogen) atoms. The van der Waals surface area contributed by atoms with Gasteiger partial charge in [-0.15, -0.1) is 0 Å². The molecule has 1 heterocycles. The predicted octanol–water partition coefficient (Wildman–Crippen LogP) is 1.28. The van der Waals surface area contributed by atoms with E-state index < -0.39 is 5.60 Å². The molecule has 1 amide bonds. The van der Waals surface area contributed by atoms with Crippen LogP contribution in [-0.4, -0.2) is 41.2 Å². The minimum Gasteiger partial charge on any atom is -0.483 e. The topological polar surface area (TPSA) is 49.8 Å². The van der Waals surface area contributed by atoms with E-state index in [0.717, 1.165) is 16.9 Å². The van der Waals surface area contributed by atoms with Gasteiger partial charge in [-0.2, -0.15) is 0 Å². The fraction of sp³-hybridized carbons (Fsp3) is 0.500. The van der Waals surface area contributed by atoms with Gasteiger partial charge in [-0.1, -0.05) is 12.1 Å². The molecule has 1 N–H and O–H groups in total. The minimum atomic E-state index is -0.727. The van der Waals surface area contributed by atoms with Crippen molar-refractivity contribution in [1.29, 1.82) is 0 Å². The number of carbonyl (C=O) groups is 1. The van der Waals surface area contributed by atoms with Crippen LogP contribution < -0.4 is 4.74 Å². The van der Waals surface area contributed by atoms with E-state index in [1.807, 2.05) is 32.0 Å². The number of nitrogens with zero attached hydrogens (tertiary/aromatic N) is 1. The number of amides is 1. The first-order valence-electron chi connectivity index (χ1n) is 6.08. The number of β-amino-alcohol motifs (C(OH)–C–C–N with tert-alkyl or cyclic N) is 1. The Morgan fingerprint density at radius 3 is 2.72 bits per heavy atom. The summed E-state index contributed by atoms with van der Waals surface area (Å²) in [6.07, 6.45) is 0. The van der Waals surface area contributed by atoms with Gasteiger partial charge in [-0.25, -0.2) is 0 Å². The van der Waals surface area contributed by atoms with Gasteiger partial charge in [-0.3, -0.25) is 4.79 Å². The number of aryl methyl sites for hydroxylation is 1. The highest BCUT2D eigenvalue weighted by Crippen LogP contribution is 2.22. The van der Waals surface area contributed by atoms with E-state index in [4.69, 9.17) is 4.74 Å². The van der Waals surface area contributed by atoms with Crippen LogP contribution in [0.4, 0.5) is 0 Å². The molecule has 4 heteroatoms. The number of aliphatic hydroxyl groups is 1. The van der Waals surface area contributed by atoms with Gasteiger partial charge < -0.3 is 14.7 Å². The fourth-order valence-electron chi connectivity index (χ4n) is 2.06. The summed E-state index contributed by atoms with van der Waals surface area (Å²) >= 11 is 0. The van der Waals surface area contributed by atoms with Crippen molar-refractivity contribution in [2.24, 2.45) is 0 Å². The van der Waals surface area contributed by atoms with Crippen LogP contribution in [0.2, 0.25) is 0 Å². The minimum absolute atomic E-state index is 0.0281. The zero-order valence-electron chi connectivity index (χ0n) is 11.1. The molecule has 0 saturated carbocycles. The molecule has 1 fully saturated rings. The number of rotatable bonds is 3. The number of ether oxygens (including phenoxy) is 1. The summed E-state index contributed by atoms with van der Waals surface area (Å²) < 4.78 is 5.53. The van der Waals surface area contributed by atoms with Crippen molar-refractivity contribution in [3.05, 3.63) is 29.3 Å². The first kappa shape index (κ1) is 12.9. The molecule has 0 aliphatic carbocycles. The summed E-state index contributed by atoms with van der Waals surface area (Å²) in [6, 6.07) is 5.79. The molecule has 0 bridgehead atoms. The SMILES string of the molecule is Cc1cccc(OCC(=O)N2CC(C)(O)C2)c1C. The second-order valence-corrected chi connectivity index (χ2v) is 5.23. The number of hydrogen-bond donors (Lipinski definition) is 1. The molecule has 0 atom stereocenters. The molecule has 0 unspecified atom stereocenters. The molecule has 0 radical (unpaired) electrons. The standard InChI is InChI=1S/C14H19NO3/c1-10-5-4-6-12(11(10)2)18-7-13(16)15-8-14(3,17)9-15/h4-6,17H,7-9H2,1-3H3. The summed E-state index contributed by atoms with van der Waals surface area (Å²) in [5, 5.41) is 9.56. The highest BCUT2D eigenvalue weighted by atomic mass is 16.5. The maximum absolute atomic E-state index is 11.8. The Hall–Kier alpha value is -1.55. The lowest BCUT2D eigenvalue weighted by Crippen LogP contribution is -2.62. The van der Waals surface area contributed by atoms with E-state index >= 15 is 0 Å². The lowest BCUT2D eigenvalue weighted by molar-refractivity contribution is -0.154. The third kappa shape index (κ3) is 2.64. The van der Waals surface area contributed by atoms with E-state index in [-0.39, 0.29) is 12.5 Å². The number of likely N-dealkylation sites (tertiary alicyclic amines) is 1. The monoisotopic (exact) mass is 249 g/mol. The van der Waals surface area contributed by atoms with Gasteiger partial charge in [0.2, 0.25) is 0 Å². The maximum Gasteiger partial charge on any atom is 0.260 e. The van der Waals surface area contributed by atoms with Crippen LogP contribution in [0.25, 0.3) is 0 Å². The average Bonchev–Trinajstić information content (AvgIpc) is 2.27. The van der Waals surface area contributed by atoms with Gasteiger partial charge in [0.15, 0.2) is 6.61 Å². The summed E-state index contributed by atoms with van der Waals surface area (Å²) in [5.41, 5.74) is 1.47. The number of carbonyl (C=O) groups excluding carboxylic acids is 1. The molecular weight excluding hydrogens is 230 g/mol. The van der Waals surface area contributed by atoms with Gasteiger partial charge in [0.25, 0.3) is 5.91 Å². The van der Waals surface area contributed by atoms with E-state index in [0.29, 0.717) is 13.1 Å². The Labute approximate surface area is 107 Å². The van der Waals surface area contributed by atoms with Gasteiger partial charge >= 0.3 is 0 Å². The van der Waals surface area contributed by atoms with Crippen molar-refractivity contribution in [3.63, 3.8) is 0 Å². The Morgan fingerprint density at radius 1 is 1.44 bits per heavy atom. The summed E-state index contributed by atoms with van der Waals surface area (Å²) in [6.45, 7) is 6.52. The van der Waals surface area contributed by atoms with Gasteiger partial charge in [0.1, 0.15) is 5.75 Å². The summed E-state index contributed by atoms with van der Waals surface area (Å²) in [5.74, 6) is 0.665. The van der Waals surface area contributed by atoms with Crippen molar-refractivity contribution in [2.75, 3.05) is 19.7 Å². The van der Waals surface area contributed by atoms with Crippen LogP contribution >= 0.6 is 0 Å². The largest absolute Gasteiger partial charge is 0.483 e. The molecule has 1 aromatic carbocycles. The molecule has 1 aliphatic rings. The van der Waals surface area contributed by atoms with E-state index in [2.05, 4.69) is 0 Å². The van der Waals surface area contributed by atoms with Crippen LogP contribution in [-0.2, 0) is 4.79 Å². The number of benzene rings is 1. The molecule has 1 aromatic rings. The second-order valence-electron chi connectivity index (χ2n) is 5.23. The van der Waals surface area contributed by atoms with E-state index in [9.17, 15) is 9.90 Å². The highest BCUT2D eigenvalue weighted by molar-refractivity contribution is 5.79. The molecular formula is C14H19NO3. The van der Waals surface area contributed by atoms with Crippen molar-refractivity contribution < 1.29 is 14.6 Å². The first-order valence-corrected chi connectivity index (χ1v) is 6.08. The van der Waals surface area contributed by atoms with E-state index in [1.165, 1.54) is 0 Å². The van der Waals surface area contributed by atoms with Crippen LogP contribution in [0.5, 0.6) is 5.75 Å². The van der Waals surface area contributed by atoms with Crippen molar-refractivity contribution in [2.45, 2.75) is 26.4 Å². The Balaban J connectivity index is 1.89. The van der Waals surface area contributed by atoms with Gasteiger partial charge in [0.05, 0.1) is 18.7 Å². The summed E-state index contributed by atoms with van der Waals surface area (Å²) in [4.78, 5) is 13.4. The molecule has 2 rings (SSSR count). The average molecular weight is 249 g/mol. The zero-order valence-corrected chi connectivity index (χ0v) is 11.1. The van der Waals surface area contributed by atoms with Crippen molar-refractivity contribution in [3.8, 4) is 5.75 Å². The van der Waals surface area contributed by atoms with Crippen LogP contribution in [0, 0.1) is 13.8 Å². The molecule has 98 valence electrons. The van der Waals surface area contributed by atoms with Crippen molar-refractivity contribution >= 4 is 5.91 Å². The maximum atomic E-state index is 11.8. The highest BCUT2D eigenvalue weighted by Gasteiger charge is 2.39. The van der Waals surface area contributed by atoms with E-state index in [1.54, 1.807) is 11.8 Å². The molecule has 1 saturated heterocycles. The van der Waals surface area contributed by atoms with Crippen LogP contribution in [0.1, 0.15) is 18.1 Å². The van der Waals surface area contributed by atoms with Crippen LogP contribution in [0.3, 0.4) is 0 Å². The lowest BCUT2D eigenvalue weighted by Gasteiger charge is -2.44. The lowest BCUT2D eigenvalue weighted by atomic mass is 9.97. The molecule has 4 nitrogen and oxygen atoms in total. The number of hydrogen-bond acceptors (Lipinski definition) is 3. The zero-order chi connectivity index (χ0) is 13.3. The molecule has 0 aromatic heterocycles. The molecule has 0 spiro atoms. The Kier molecular flexibility index (Phi) is 3.30. The Morgan fingerprint density at radius 2 is 2.11 bits per heavy atom. The van der Waals surface area contributed by atoms with Gasteiger partial charge in [0, 0.05) is 0 Å². The smallest absolute Gasteiger partial charge is 0.260 e. The van der Waals surface area contributed by atoms with Crippen LogP contribution in [0.15, 0.2) is 18.2 Å². The normalized spacial score (nSPS) is 17.2.